The zero-order valence-electron chi connectivity index (χ0n) is 17.1. The molecule has 5 nitrogen and oxygen atoms in total. The number of carbonyl (C=O) groups excluding carboxylic acids is 2. The average molecular weight is 460 g/mol. The number of rotatable bonds is 7. The third kappa shape index (κ3) is 6.00. The zero-order chi connectivity index (χ0) is 22.2. The molecule has 0 fully saturated rings. The first-order valence-electron chi connectivity index (χ1n) is 9.96. The molecule has 0 radical (unpaired) electrons. The molecule has 0 aliphatic carbocycles. The molecule has 0 saturated carbocycles. The third-order valence-corrected chi connectivity index (χ3v) is 6.67. The maximum Gasteiger partial charge on any atom is 0.323 e. The predicted octanol–water partition coefficient (Wildman–Crippen LogP) is 6.94. The summed E-state index contributed by atoms with van der Waals surface area (Å²) < 4.78 is 0. The molecule has 0 atom stereocenters. The Bertz CT molecular complexity index is 1190. The van der Waals surface area contributed by atoms with Gasteiger partial charge in [0.1, 0.15) is 0 Å². The van der Waals surface area contributed by atoms with Gasteiger partial charge in [0.25, 0.3) is 5.91 Å². The molecular formula is C25H21N3O2S2. The molecule has 4 aromatic rings. The fourth-order valence-electron chi connectivity index (χ4n) is 3.01. The second-order valence-corrected chi connectivity index (χ2v) is 8.89. The number of hydrogen-bond acceptors (Lipinski definition) is 4. The summed E-state index contributed by atoms with van der Waals surface area (Å²) in [5.74, 6) is 0.628. The van der Waals surface area contributed by atoms with Crippen molar-refractivity contribution in [2.75, 3.05) is 16.0 Å². The second-order valence-electron chi connectivity index (χ2n) is 6.84. The molecule has 3 amide bonds. The summed E-state index contributed by atoms with van der Waals surface area (Å²) in [4.78, 5) is 27.4. The molecule has 160 valence electrons. The molecule has 32 heavy (non-hydrogen) atoms. The van der Waals surface area contributed by atoms with E-state index in [1.165, 1.54) is 4.88 Å². The molecule has 4 rings (SSSR count). The smallest absolute Gasteiger partial charge is 0.322 e. The van der Waals surface area contributed by atoms with Gasteiger partial charge in [-0.15, -0.1) is 23.1 Å². The van der Waals surface area contributed by atoms with Crippen molar-refractivity contribution in [2.45, 2.75) is 10.6 Å². The van der Waals surface area contributed by atoms with Crippen LogP contribution in [0.15, 0.2) is 101 Å². The van der Waals surface area contributed by atoms with Crippen LogP contribution < -0.4 is 16.0 Å². The average Bonchev–Trinajstić information content (AvgIpc) is 3.32. The number of thioether (sulfide) groups is 1. The number of carbonyl (C=O) groups is 2. The molecule has 7 heteroatoms. The standard InChI is InChI=1S/C25H21N3O2S2/c29-24(22-13-4-5-14-23(22)32-17-21-12-7-15-31-21)26-19-10-6-11-20(16-19)28-25(30)27-18-8-2-1-3-9-18/h1-16H,17H2,(H,26,29)(H2,27,28,30). The summed E-state index contributed by atoms with van der Waals surface area (Å²) in [7, 11) is 0. The molecule has 0 bridgehead atoms. The Morgan fingerprint density at radius 2 is 1.41 bits per heavy atom. The van der Waals surface area contributed by atoms with E-state index in [0.29, 0.717) is 22.6 Å². The van der Waals surface area contributed by atoms with E-state index in [-0.39, 0.29) is 11.9 Å². The Labute approximate surface area is 194 Å². The lowest BCUT2D eigenvalue weighted by Gasteiger charge is -2.12. The van der Waals surface area contributed by atoms with E-state index < -0.39 is 0 Å². The van der Waals surface area contributed by atoms with Gasteiger partial charge in [-0.2, -0.15) is 0 Å². The lowest BCUT2D eigenvalue weighted by molar-refractivity contribution is 0.102. The number of hydrogen-bond donors (Lipinski definition) is 3. The summed E-state index contributed by atoms with van der Waals surface area (Å²) in [6.45, 7) is 0. The highest BCUT2D eigenvalue weighted by atomic mass is 32.2. The largest absolute Gasteiger partial charge is 0.323 e. The van der Waals surface area contributed by atoms with Crippen molar-refractivity contribution in [3.8, 4) is 0 Å². The Balaban J connectivity index is 1.40. The lowest BCUT2D eigenvalue weighted by atomic mass is 10.2. The maximum absolute atomic E-state index is 12.9. The van der Waals surface area contributed by atoms with E-state index in [0.717, 1.165) is 10.6 Å². The maximum atomic E-state index is 12.9. The van der Waals surface area contributed by atoms with Crippen LogP contribution in [0.3, 0.4) is 0 Å². The van der Waals surface area contributed by atoms with Crippen molar-refractivity contribution in [1.82, 2.24) is 0 Å². The van der Waals surface area contributed by atoms with Gasteiger partial charge in [0, 0.05) is 32.6 Å². The Kier molecular flexibility index (Phi) is 7.22. The van der Waals surface area contributed by atoms with Gasteiger partial charge in [-0.25, -0.2) is 4.79 Å². The molecule has 1 aromatic heterocycles. The highest BCUT2D eigenvalue weighted by molar-refractivity contribution is 7.98. The van der Waals surface area contributed by atoms with Gasteiger partial charge < -0.3 is 16.0 Å². The van der Waals surface area contributed by atoms with Crippen LogP contribution in [-0.2, 0) is 5.75 Å². The van der Waals surface area contributed by atoms with E-state index in [4.69, 9.17) is 0 Å². The van der Waals surface area contributed by atoms with Crippen molar-refractivity contribution in [3.05, 3.63) is 107 Å². The molecule has 0 unspecified atom stereocenters. The van der Waals surface area contributed by atoms with Gasteiger partial charge in [0.2, 0.25) is 0 Å². The first-order chi connectivity index (χ1) is 15.7. The molecule has 0 aliphatic heterocycles. The van der Waals surface area contributed by atoms with Gasteiger partial charge in [0.15, 0.2) is 0 Å². The van der Waals surface area contributed by atoms with E-state index in [1.54, 1.807) is 47.4 Å². The molecule has 1 heterocycles. The Morgan fingerprint density at radius 1 is 0.719 bits per heavy atom. The van der Waals surface area contributed by atoms with Crippen LogP contribution >= 0.6 is 23.1 Å². The number of para-hydroxylation sites is 1. The minimum atomic E-state index is -0.352. The van der Waals surface area contributed by atoms with Crippen LogP contribution in [0.5, 0.6) is 0 Å². The van der Waals surface area contributed by atoms with Gasteiger partial charge in [-0.3, -0.25) is 4.79 Å². The van der Waals surface area contributed by atoms with Gasteiger partial charge >= 0.3 is 6.03 Å². The third-order valence-electron chi connectivity index (χ3n) is 4.49. The van der Waals surface area contributed by atoms with Gasteiger partial charge in [-0.1, -0.05) is 42.5 Å². The fourth-order valence-corrected chi connectivity index (χ4v) is 4.83. The SMILES string of the molecule is O=C(Nc1ccccc1)Nc1cccc(NC(=O)c2ccccc2SCc2cccs2)c1. The van der Waals surface area contributed by atoms with Crippen molar-refractivity contribution >= 4 is 52.1 Å². The monoisotopic (exact) mass is 459 g/mol. The van der Waals surface area contributed by atoms with Crippen LogP contribution in [0, 0.1) is 0 Å². The first-order valence-corrected chi connectivity index (χ1v) is 11.8. The summed E-state index contributed by atoms with van der Waals surface area (Å²) in [6.07, 6.45) is 0. The number of nitrogens with one attached hydrogen (secondary N) is 3. The van der Waals surface area contributed by atoms with Crippen molar-refractivity contribution in [3.63, 3.8) is 0 Å². The highest BCUT2D eigenvalue weighted by Gasteiger charge is 2.13. The summed E-state index contributed by atoms with van der Waals surface area (Å²) in [5.41, 5.74) is 2.50. The van der Waals surface area contributed by atoms with Crippen LogP contribution in [-0.4, -0.2) is 11.9 Å². The highest BCUT2D eigenvalue weighted by Crippen LogP contribution is 2.28. The van der Waals surface area contributed by atoms with Crippen LogP contribution in [0.2, 0.25) is 0 Å². The molecule has 0 aliphatic rings. The fraction of sp³-hybridized carbons (Fsp3) is 0.0400. The van der Waals surface area contributed by atoms with E-state index in [1.807, 2.05) is 60.7 Å². The van der Waals surface area contributed by atoms with E-state index in [2.05, 4.69) is 27.4 Å². The van der Waals surface area contributed by atoms with E-state index in [9.17, 15) is 9.59 Å². The topological polar surface area (TPSA) is 70.2 Å². The minimum absolute atomic E-state index is 0.190. The van der Waals surface area contributed by atoms with Crippen molar-refractivity contribution in [2.24, 2.45) is 0 Å². The summed E-state index contributed by atoms with van der Waals surface area (Å²) >= 11 is 3.35. The van der Waals surface area contributed by atoms with Crippen molar-refractivity contribution < 1.29 is 9.59 Å². The lowest BCUT2D eigenvalue weighted by Crippen LogP contribution is -2.19. The van der Waals surface area contributed by atoms with Crippen molar-refractivity contribution in [1.29, 1.82) is 0 Å². The number of thiophene rings is 1. The Hall–Kier alpha value is -3.55. The Morgan fingerprint density at radius 3 is 2.19 bits per heavy atom. The number of benzene rings is 3. The molecule has 3 aromatic carbocycles. The van der Waals surface area contributed by atoms with Crippen LogP contribution in [0.1, 0.15) is 15.2 Å². The molecular weight excluding hydrogens is 438 g/mol. The van der Waals surface area contributed by atoms with Crippen LogP contribution in [0.25, 0.3) is 0 Å². The van der Waals surface area contributed by atoms with E-state index >= 15 is 0 Å². The normalized spacial score (nSPS) is 10.4. The summed E-state index contributed by atoms with van der Waals surface area (Å²) in [6, 6.07) is 27.6. The number of anilines is 3. The first kappa shape index (κ1) is 21.7. The zero-order valence-corrected chi connectivity index (χ0v) is 18.7. The molecule has 3 N–H and O–H groups in total. The minimum Gasteiger partial charge on any atom is -0.322 e. The molecule has 0 spiro atoms. The molecule has 0 saturated heterocycles. The van der Waals surface area contributed by atoms with Crippen LogP contribution in [0.4, 0.5) is 21.9 Å². The number of amides is 3. The number of urea groups is 1. The van der Waals surface area contributed by atoms with Gasteiger partial charge in [-0.05, 0) is 53.9 Å². The summed E-state index contributed by atoms with van der Waals surface area (Å²) in [5, 5.41) is 10.5. The quantitative estimate of drug-likeness (QED) is 0.262. The predicted molar refractivity (Wildman–Crippen MR) is 134 cm³/mol. The second kappa shape index (κ2) is 10.7. The van der Waals surface area contributed by atoms with Gasteiger partial charge in [0.05, 0.1) is 5.56 Å².